The summed E-state index contributed by atoms with van der Waals surface area (Å²) >= 11 is 0. The zero-order chi connectivity index (χ0) is 25.9. The van der Waals surface area contributed by atoms with Crippen molar-refractivity contribution in [3.63, 3.8) is 0 Å². The fourth-order valence-corrected chi connectivity index (χ4v) is 3.81. The standard InChI is InChI=1S/C25H27FN4O5/c1-13-21(12-19-18-9-15(26)5-6-20(18)29-24(19)34)28-14(2)23(13)25(35)27-8-7-16(31)10-17(32)11-22(33)30(3)4/h5-6,9,12,28H,7-8,10-11H2,1-4H3,(H,27,35)(H,29,34)/b19-12-. The molecule has 35 heavy (non-hydrogen) atoms. The second-order valence-electron chi connectivity index (χ2n) is 8.59. The number of anilines is 1. The first-order chi connectivity index (χ1) is 16.5. The Hall–Kier alpha value is -4.08. The van der Waals surface area contributed by atoms with E-state index in [1.807, 2.05) is 0 Å². The third-order valence-electron chi connectivity index (χ3n) is 5.69. The zero-order valence-electron chi connectivity index (χ0n) is 20.0. The van der Waals surface area contributed by atoms with E-state index in [0.717, 1.165) is 0 Å². The highest BCUT2D eigenvalue weighted by Crippen LogP contribution is 2.34. The highest BCUT2D eigenvalue weighted by molar-refractivity contribution is 6.35. The molecule has 1 aromatic heterocycles. The highest BCUT2D eigenvalue weighted by atomic mass is 19.1. The zero-order valence-corrected chi connectivity index (χ0v) is 20.0. The molecule has 0 fully saturated rings. The van der Waals surface area contributed by atoms with Gasteiger partial charge < -0.3 is 20.5 Å². The van der Waals surface area contributed by atoms with Gasteiger partial charge in [0.05, 0.1) is 24.0 Å². The van der Waals surface area contributed by atoms with E-state index < -0.39 is 17.5 Å². The molecule has 2 heterocycles. The van der Waals surface area contributed by atoms with Crippen molar-refractivity contribution in [1.29, 1.82) is 0 Å². The van der Waals surface area contributed by atoms with Crippen LogP contribution in [0.15, 0.2) is 18.2 Å². The Morgan fingerprint density at radius 1 is 1.09 bits per heavy atom. The number of nitrogens with zero attached hydrogens (tertiary/aromatic N) is 1. The number of Topliss-reactive ketones (excluding diaryl/α,β-unsaturated/α-hetero) is 2. The number of hydrogen-bond donors (Lipinski definition) is 3. The molecule has 10 heteroatoms. The molecule has 0 bridgehead atoms. The van der Waals surface area contributed by atoms with E-state index in [1.165, 1.54) is 37.2 Å². The fourth-order valence-electron chi connectivity index (χ4n) is 3.81. The first-order valence-corrected chi connectivity index (χ1v) is 11.0. The third kappa shape index (κ3) is 5.89. The molecule has 1 aliphatic heterocycles. The van der Waals surface area contributed by atoms with Gasteiger partial charge in [-0.3, -0.25) is 24.0 Å². The van der Waals surface area contributed by atoms with Gasteiger partial charge in [-0.05, 0) is 43.7 Å². The molecule has 3 N–H and O–H groups in total. The number of rotatable bonds is 9. The summed E-state index contributed by atoms with van der Waals surface area (Å²) < 4.78 is 13.7. The smallest absolute Gasteiger partial charge is 0.256 e. The predicted octanol–water partition coefficient (Wildman–Crippen LogP) is 2.39. The molecule has 1 aliphatic rings. The first kappa shape index (κ1) is 25.5. The van der Waals surface area contributed by atoms with Gasteiger partial charge in [0.25, 0.3) is 11.8 Å². The van der Waals surface area contributed by atoms with Gasteiger partial charge in [-0.15, -0.1) is 0 Å². The Labute approximate surface area is 201 Å². The number of halogens is 1. The SMILES string of the molecule is Cc1[nH]c(/C=C2\C(=O)Nc3ccc(F)cc32)c(C)c1C(=O)NCCC(=O)CC(=O)CC(=O)N(C)C. The molecule has 0 spiro atoms. The van der Waals surface area contributed by atoms with Crippen molar-refractivity contribution in [2.24, 2.45) is 0 Å². The number of fused-ring (bicyclic) bond motifs is 1. The number of hydrogen-bond acceptors (Lipinski definition) is 5. The summed E-state index contributed by atoms with van der Waals surface area (Å²) in [4.78, 5) is 64.9. The second kappa shape index (κ2) is 10.5. The Kier molecular flexibility index (Phi) is 7.63. The molecule has 0 unspecified atom stereocenters. The van der Waals surface area contributed by atoms with Crippen LogP contribution in [0.5, 0.6) is 0 Å². The number of carbonyl (C=O) groups is 5. The van der Waals surface area contributed by atoms with Crippen LogP contribution in [0.25, 0.3) is 11.6 Å². The van der Waals surface area contributed by atoms with Gasteiger partial charge in [-0.1, -0.05) is 0 Å². The summed E-state index contributed by atoms with van der Waals surface area (Å²) in [6, 6.07) is 4.03. The quantitative estimate of drug-likeness (QED) is 0.373. The topological polar surface area (TPSA) is 128 Å². The molecule has 184 valence electrons. The molecule has 3 rings (SSSR count). The minimum absolute atomic E-state index is 0.0299. The molecule has 0 aliphatic carbocycles. The normalized spacial score (nSPS) is 13.4. The van der Waals surface area contributed by atoms with Crippen molar-refractivity contribution in [3.8, 4) is 0 Å². The number of nitrogens with one attached hydrogen (secondary N) is 3. The lowest BCUT2D eigenvalue weighted by Gasteiger charge is -2.09. The fraction of sp³-hybridized carbons (Fsp3) is 0.320. The van der Waals surface area contributed by atoms with Gasteiger partial charge in [0.15, 0.2) is 0 Å². The molecule has 0 atom stereocenters. The van der Waals surface area contributed by atoms with Crippen LogP contribution < -0.4 is 10.6 Å². The van der Waals surface area contributed by atoms with Crippen LogP contribution in [-0.4, -0.2) is 59.8 Å². The van der Waals surface area contributed by atoms with Crippen molar-refractivity contribution in [2.45, 2.75) is 33.1 Å². The summed E-state index contributed by atoms with van der Waals surface area (Å²) in [5.74, 6) is -2.45. The lowest BCUT2D eigenvalue weighted by atomic mass is 10.0. The Balaban J connectivity index is 1.64. The molecule has 3 amide bonds. The molecule has 0 radical (unpaired) electrons. The summed E-state index contributed by atoms with van der Waals surface area (Å²) in [7, 11) is 3.06. The summed E-state index contributed by atoms with van der Waals surface area (Å²) in [5, 5.41) is 5.35. The predicted molar refractivity (Wildman–Crippen MR) is 128 cm³/mol. The van der Waals surface area contributed by atoms with Crippen molar-refractivity contribution >= 4 is 46.6 Å². The van der Waals surface area contributed by atoms with E-state index in [1.54, 1.807) is 19.9 Å². The number of aromatic nitrogens is 1. The molecular formula is C25H27FN4O5. The van der Waals surface area contributed by atoms with Crippen molar-refractivity contribution in [2.75, 3.05) is 26.0 Å². The Bertz CT molecular complexity index is 1260. The third-order valence-corrected chi connectivity index (χ3v) is 5.69. The van der Waals surface area contributed by atoms with E-state index in [0.29, 0.717) is 33.8 Å². The van der Waals surface area contributed by atoms with Crippen molar-refractivity contribution in [1.82, 2.24) is 15.2 Å². The molecule has 9 nitrogen and oxygen atoms in total. The number of aromatic amines is 1. The van der Waals surface area contributed by atoms with Crippen molar-refractivity contribution in [3.05, 3.63) is 52.1 Å². The monoisotopic (exact) mass is 482 g/mol. The van der Waals surface area contributed by atoms with Gasteiger partial charge in [-0.2, -0.15) is 0 Å². The summed E-state index contributed by atoms with van der Waals surface area (Å²) in [6.07, 6.45) is 0.833. The van der Waals surface area contributed by atoms with Gasteiger partial charge in [0.1, 0.15) is 17.4 Å². The number of carbonyl (C=O) groups excluding carboxylic acids is 5. The molecule has 0 saturated carbocycles. The van der Waals surface area contributed by atoms with Crippen molar-refractivity contribution < 1.29 is 28.4 Å². The summed E-state index contributed by atoms with van der Waals surface area (Å²) in [6.45, 7) is 3.45. The molecule has 0 saturated heterocycles. The highest BCUT2D eigenvalue weighted by Gasteiger charge is 2.26. The number of benzene rings is 1. The van der Waals surface area contributed by atoms with E-state index >= 15 is 0 Å². The van der Waals surface area contributed by atoms with Crippen LogP contribution in [0.1, 0.15) is 52.1 Å². The van der Waals surface area contributed by atoms with Gasteiger partial charge in [-0.25, -0.2) is 4.39 Å². The van der Waals surface area contributed by atoms with Gasteiger partial charge in [0.2, 0.25) is 5.91 Å². The maximum Gasteiger partial charge on any atom is 0.256 e. The van der Waals surface area contributed by atoms with Gasteiger partial charge in [0, 0.05) is 49.7 Å². The van der Waals surface area contributed by atoms with Gasteiger partial charge >= 0.3 is 0 Å². The van der Waals surface area contributed by atoms with Crippen LogP contribution >= 0.6 is 0 Å². The van der Waals surface area contributed by atoms with Crippen LogP contribution in [0, 0.1) is 19.7 Å². The lowest BCUT2D eigenvalue weighted by molar-refractivity contribution is -0.134. The number of ketones is 2. The van der Waals surface area contributed by atoms with E-state index in [2.05, 4.69) is 15.6 Å². The minimum atomic E-state index is -0.467. The number of H-pyrrole nitrogens is 1. The first-order valence-electron chi connectivity index (χ1n) is 11.0. The van der Waals surface area contributed by atoms with Crippen LogP contribution in [0.3, 0.4) is 0 Å². The van der Waals surface area contributed by atoms with E-state index in [4.69, 9.17) is 0 Å². The minimum Gasteiger partial charge on any atom is -0.358 e. The second-order valence-corrected chi connectivity index (χ2v) is 8.59. The maximum atomic E-state index is 13.7. The average molecular weight is 483 g/mol. The van der Waals surface area contributed by atoms with Crippen LogP contribution in [0.4, 0.5) is 10.1 Å². The number of aryl methyl sites for hydroxylation is 1. The molecule has 2 aromatic rings. The Morgan fingerprint density at radius 2 is 1.80 bits per heavy atom. The largest absolute Gasteiger partial charge is 0.358 e. The van der Waals surface area contributed by atoms with Crippen LogP contribution in [-0.2, 0) is 19.2 Å². The maximum absolute atomic E-state index is 13.7. The average Bonchev–Trinajstić information content (AvgIpc) is 3.22. The summed E-state index contributed by atoms with van der Waals surface area (Å²) in [5.41, 5.74) is 3.28. The molecular weight excluding hydrogens is 455 g/mol. The molecule has 1 aromatic carbocycles. The number of amides is 3. The lowest BCUT2D eigenvalue weighted by Crippen LogP contribution is -2.28. The van der Waals surface area contributed by atoms with E-state index in [9.17, 15) is 28.4 Å². The van der Waals surface area contributed by atoms with Crippen LogP contribution in [0.2, 0.25) is 0 Å². The van der Waals surface area contributed by atoms with E-state index in [-0.39, 0.29) is 49.0 Å². The Morgan fingerprint density at radius 3 is 2.49 bits per heavy atom.